The van der Waals surface area contributed by atoms with Crippen LogP contribution in [0.25, 0.3) is 66.6 Å². The SMILES string of the molecule is N#Cc1cc(-c2ccn3nc(NC(=O)C4CC4)cc3c2)c(OC2(C(F)(F)F)CCNCC2)cn1.N#Cc1cc(-c2ccn3nc(NC(=O)C4CC4)cc3c2)c(O[C@@H]2CCN[C@H](C(F)(F)F)C2)cn1.N#Cc1cc(-c2ccn3nc(NC(=O)C4CC4)cc3c2)c(O[C@H]2CCN(C3CC3)C2)cn1.N#Cc1cc(-c2ccn3nc(NC(=O)C4CC4)cc3c2)c(O[C@H]2CCNC2)cn1. The lowest BCUT2D eigenvalue weighted by atomic mass is 9.91. The highest BCUT2D eigenvalue weighted by atomic mass is 19.4. The molecular weight excluding hydrogens is 1670 g/mol. The number of hydrogen-bond acceptors (Lipinski definition) is 24. The highest BCUT2D eigenvalue weighted by Gasteiger charge is 2.58. The Bertz CT molecular complexity index is 6470. The normalized spacial score (nSPS) is 19.5. The first-order valence-corrected chi connectivity index (χ1v) is 43.0. The quantitative estimate of drug-likeness (QED) is 0.0329. The summed E-state index contributed by atoms with van der Waals surface area (Å²) >= 11 is 0. The second-order valence-electron chi connectivity index (χ2n) is 33.7. The van der Waals surface area contributed by atoms with Crippen molar-refractivity contribution >= 4 is 69.0 Å². The van der Waals surface area contributed by atoms with Gasteiger partial charge in [-0.2, -0.15) is 67.8 Å². The van der Waals surface area contributed by atoms with E-state index in [9.17, 15) is 66.6 Å². The van der Waals surface area contributed by atoms with Gasteiger partial charge in [0.1, 0.15) is 94.4 Å². The van der Waals surface area contributed by atoms with Gasteiger partial charge in [-0.15, -0.1) is 0 Å². The maximum atomic E-state index is 14.1. The lowest BCUT2D eigenvalue weighted by Gasteiger charge is -2.39. The van der Waals surface area contributed by atoms with Crippen molar-refractivity contribution < 1.29 is 64.5 Å². The van der Waals surface area contributed by atoms with E-state index in [0.717, 1.165) is 130 Å². The molecule has 4 aliphatic heterocycles. The van der Waals surface area contributed by atoms with Crippen LogP contribution in [0, 0.1) is 69.0 Å². The van der Waals surface area contributed by atoms with Gasteiger partial charge in [0.25, 0.3) is 0 Å². The van der Waals surface area contributed by atoms with Crippen molar-refractivity contribution in [2.75, 3.05) is 67.1 Å². The molecule has 4 saturated heterocycles. The zero-order valence-corrected chi connectivity index (χ0v) is 69.5. The Morgan fingerprint density at radius 3 is 1.12 bits per heavy atom. The molecule has 7 N–H and O–H groups in total. The molecule has 9 fully saturated rings. The van der Waals surface area contributed by atoms with Gasteiger partial charge in [-0.1, -0.05) is 0 Å². The summed E-state index contributed by atoms with van der Waals surface area (Å²) in [6.45, 7) is 4.28. The van der Waals surface area contributed by atoms with Crippen molar-refractivity contribution in [1.29, 1.82) is 21.0 Å². The fourth-order valence-electron chi connectivity index (χ4n) is 16.1. The minimum Gasteiger partial charge on any atom is -0.488 e. The molecule has 0 aromatic carbocycles. The number of anilines is 4. The van der Waals surface area contributed by atoms with Gasteiger partial charge in [0.05, 0.1) is 46.9 Å². The van der Waals surface area contributed by atoms with E-state index in [0.29, 0.717) is 91.6 Å². The number of amides is 4. The molecule has 16 heterocycles. The van der Waals surface area contributed by atoms with Gasteiger partial charge in [0.2, 0.25) is 29.2 Å². The number of hydrogen-bond donors (Lipinski definition) is 7. The molecule has 4 atom stereocenters. The summed E-state index contributed by atoms with van der Waals surface area (Å²) in [6.07, 6.45) is 15.1. The number of nitrogens with one attached hydrogen (secondary N) is 7. The summed E-state index contributed by atoms with van der Waals surface area (Å²) in [6, 6.07) is 35.6. The van der Waals surface area contributed by atoms with Crippen LogP contribution in [0.3, 0.4) is 0 Å². The molecule has 12 aromatic rings. The van der Waals surface area contributed by atoms with E-state index >= 15 is 0 Å². The summed E-state index contributed by atoms with van der Waals surface area (Å²) in [5.74, 6) is 3.79. The number of fused-ring (bicyclic) bond motifs is 4. The third-order valence-corrected chi connectivity index (χ3v) is 23.9. The number of ether oxygens (including phenoxy) is 4. The number of pyridine rings is 8. The average Bonchev–Trinajstić information content (AvgIpc) is 1.77. The van der Waals surface area contributed by atoms with Gasteiger partial charge in [-0.3, -0.25) is 24.1 Å². The molecule has 5 aliphatic carbocycles. The maximum absolute atomic E-state index is 14.1. The van der Waals surface area contributed by atoms with Crippen LogP contribution in [0.15, 0.2) is 147 Å². The van der Waals surface area contributed by atoms with E-state index in [1.165, 1.54) is 31.3 Å². The van der Waals surface area contributed by atoms with Crippen LogP contribution in [-0.4, -0.2) is 181 Å². The zero-order valence-electron chi connectivity index (χ0n) is 69.5. The van der Waals surface area contributed by atoms with E-state index < -0.39 is 30.1 Å². The number of alkyl halides is 6. The van der Waals surface area contributed by atoms with Crippen molar-refractivity contribution in [3.63, 3.8) is 0 Å². The summed E-state index contributed by atoms with van der Waals surface area (Å²) in [5, 5.41) is 74.9. The molecular formula is C91H86F6N24O8. The number of nitriles is 4. The number of likely N-dealkylation sites (tertiary alicyclic amines) is 1. The molecule has 12 aromatic heterocycles. The summed E-state index contributed by atoms with van der Waals surface area (Å²) < 4.78 is 113. The van der Waals surface area contributed by atoms with Crippen molar-refractivity contribution in [2.45, 2.75) is 151 Å². The summed E-state index contributed by atoms with van der Waals surface area (Å²) in [7, 11) is 0. The standard InChI is InChI=1S/C24H24N6O2.2C23H21F3N6O2.C21H20N6O2/c25-12-17-10-21(22(13-26-17)32-20-6-7-29(14-20)18-3-4-18)16-5-8-30-19(9-16)11-23(28-30)27-24(31)15-1-2-15;24-23(25,26)22(4-6-28-7-5-22)34-19-13-29-16(12-27)10-18(19)15-3-8-32-17(9-15)11-20(31-32)30-21(33)14-1-2-14;24-23(25,26)20-10-17(3-5-28-20)34-19-12-29-15(11-27)8-18(19)14-4-6-32-16(7-14)9-21(31-32)30-22(33)13-1-2-13;22-10-15-8-18(19(12-24-15)29-17-3-5-23-11-17)14-4-6-27-16(7-14)9-20(26-27)25-21(28)13-1-2-13/h5,8-11,13,15,18,20H,1-4,6-7,14H2,(H,27,28,31);3,8-11,13-14,28H,1-2,4-7H2,(H,30,31,33);4,6-9,12-13,17,20,28H,1-3,5,10H2,(H,30,31,33);4,6-9,12-13,17,23H,1-3,5,11H2,(H,25,26,28)/t20-;;17-,20+;17-/m0.10/s1. The Hall–Kier alpha value is -14.2. The van der Waals surface area contributed by atoms with Gasteiger partial charge >= 0.3 is 12.4 Å². The molecule has 129 heavy (non-hydrogen) atoms. The number of rotatable bonds is 21. The first-order chi connectivity index (χ1) is 62.4. The van der Waals surface area contributed by atoms with Gasteiger partial charge in [-0.25, -0.2) is 38.0 Å². The number of carbonyl (C=O) groups is 4. The van der Waals surface area contributed by atoms with E-state index in [1.807, 2.05) is 67.0 Å². The Morgan fingerprint density at radius 1 is 0.419 bits per heavy atom. The summed E-state index contributed by atoms with van der Waals surface area (Å²) in [5.41, 5.74) is 7.14. The van der Waals surface area contributed by atoms with Gasteiger partial charge in [0, 0.05) is 140 Å². The third kappa shape index (κ3) is 20.3. The van der Waals surface area contributed by atoms with Crippen LogP contribution in [0.5, 0.6) is 23.0 Å². The number of carbonyl (C=O) groups excluding carboxylic acids is 4. The highest BCUT2D eigenvalue weighted by Crippen LogP contribution is 2.46. The molecule has 21 rings (SSSR count). The van der Waals surface area contributed by atoms with Crippen LogP contribution in [0.4, 0.5) is 49.6 Å². The lowest BCUT2D eigenvalue weighted by molar-refractivity contribution is -0.256. The van der Waals surface area contributed by atoms with Crippen LogP contribution >= 0.6 is 0 Å². The fourth-order valence-corrected chi connectivity index (χ4v) is 16.1. The smallest absolute Gasteiger partial charge is 0.428 e. The van der Waals surface area contributed by atoms with E-state index in [-0.39, 0.29) is 116 Å². The van der Waals surface area contributed by atoms with Crippen molar-refractivity contribution in [3.05, 3.63) is 169 Å². The molecule has 0 unspecified atom stereocenters. The van der Waals surface area contributed by atoms with E-state index in [4.69, 9.17) is 18.9 Å². The van der Waals surface area contributed by atoms with Crippen molar-refractivity contribution in [2.24, 2.45) is 23.7 Å². The Labute approximate surface area is 733 Å². The number of aromatic nitrogens is 12. The highest BCUT2D eigenvalue weighted by molar-refractivity contribution is 5.96. The second-order valence-corrected chi connectivity index (χ2v) is 33.7. The molecule has 9 aliphatic rings. The van der Waals surface area contributed by atoms with Crippen molar-refractivity contribution in [1.82, 2.24) is 79.2 Å². The first-order valence-electron chi connectivity index (χ1n) is 43.0. The molecule has 4 amide bonds. The van der Waals surface area contributed by atoms with Crippen molar-refractivity contribution in [3.8, 4) is 91.8 Å². The van der Waals surface area contributed by atoms with E-state index in [2.05, 4.69) is 94.6 Å². The second kappa shape index (κ2) is 36.3. The molecule has 0 spiro atoms. The summed E-state index contributed by atoms with van der Waals surface area (Å²) in [4.78, 5) is 67.1. The molecule has 660 valence electrons. The molecule has 5 saturated carbocycles. The van der Waals surface area contributed by atoms with Gasteiger partial charge < -0.3 is 56.2 Å². The fraction of sp³-hybridized carbons (Fsp3) is 0.385. The molecule has 38 heteroatoms. The third-order valence-electron chi connectivity index (χ3n) is 23.9. The number of nitrogens with zero attached hydrogens (tertiary/aromatic N) is 17. The largest absolute Gasteiger partial charge is 0.488 e. The van der Waals surface area contributed by atoms with Gasteiger partial charge in [-0.05, 0) is 205 Å². The minimum atomic E-state index is -4.58. The average molecular weight is 1760 g/mol. The minimum absolute atomic E-state index is 0.0252. The van der Waals surface area contributed by atoms with Crippen LogP contribution in [-0.2, 0) is 19.2 Å². The predicted molar refractivity (Wildman–Crippen MR) is 457 cm³/mol. The topological polar surface area (TPSA) is 409 Å². The lowest BCUT2D eigenvalue weighted by Crippen LogP contribution is -2.56. The zero-order chi connectivity index (χ0) is 89.2. The van der Waals surface area contributed by atoms with Gasteiger partial charge in [0.15, 0.2) is 23.3 Å². The Kier molecular flexibility index (Phi) is 24.1. The number of piperidine rings is 2. The van der Waals surface area contributed by atoms with Crippen LogP contribution < -0.4 is 56.2 Å². The number of halogens is 6. The molecule has 32 nitrogen and oxygen atoms in total. The Morgan fingerprint density at radius 2 is 0.775 bits per heavy atom. The molecule has 0 bridgehead atoms. The molecule has 0 radical (unpaired) electrons. The van der Waals surface area contributed by atoms with Crippen LogP contribution in [0.2, 0.25) is 0 Å². The monoisotopic (exact) mass is 1760 g/mol. The Balaban J connectivity index is 0.000000116. The van der Waals surface area contributed by atoms with E-state index in [1.54, 1.807) is 91.4 Å². The maximum Gasteiger partial charge on any atom is 0.428 e. The van der Waals surface area contributed by atoms with Crippen LogP contribution in [0.1, 0.15) is 126 Å². The first kappa shape index (κ1) is 85.6. The predicted octanol–water partition coefficient (Wildman–Crippen LogP) is 12.9.